The Bertz CT molecular complexity index is 639. The average Bonchev–Trinajstić information content (AvgIpc) is 2.65. The number of carboxylic acids is 1. The van der Waals surface area contributed by atoms with Crippen LogP contribution in [0.1, 0.15) is 19.4 Å². The minimum atomic E-state index is -0.986. The van der Waals surface area contributed by atoms with Crippen molar-refractivity contribution in [3.8, 4) is 0 Å². The zero-order valence-corrected chi connectivity index (χ0v) is 10.2. The van der Waals surface area contributed by atoms with Gasteiger partial charge in [0.05, 0.1) is 11.0 Å². The molecule has 0 saturated carbocycles. The summed E-state index contributed by atoms with van der Waals surface area (Å²) in [5.74, 6) is -0.904. The molecule has 1 heterocycles. The first-order valence-corrected chi connectivity index (χ1v) is 5.58. The van der Waals surface area contributed by atoms with Gasteiger partial charge in [-0.2, -0.15) is 0 Å². The summed E-state index contributed by atoms with van der Waals surface area (Å²) < 4.78 is 0. The van der Waals surface area contributed by atoms with E-state index in [-0.39, 0.29) is 5.69 Å². The number of fused-ring (bicyclic) bond motifs is 1. The van der Waals surface area contributed by atoms with E-state index in [0.29, 0.717) is 12.1 Å². The van der Waals surface area contributed by atoms with Crippen LogP contribution in [0, 0.1) is 0 Å². The van der Waals surface area contributed by atoms with Crippen molar-refractivity contribution >= 4 is 17.0 Å². The Kier molecular flexibility index (Phi) is 2.96. The molecule has 96 valence electrons. The quantitative estimate of drug-likeness (QED) is 0.644. The molecule has 4 N–H and O–H groups in total. The molecule has 2 aromatic rings. The number of nitrogens with one attached hydrogen (secondary N) is 3. The largest absolute Gasteiger partial charge is 0.480 e. The Morgan fingerprint density at radius 2 is 2.00 bits per heavy atom. The van der Waals surface area contributed by atoms with Crippen LogP contribution >= 0.6 is 0 Å². The van der Waals surface area contributed by atoms with E-state index in [1.54, 1.807) is 19.9 Å². The zero-order chi connectivity index (χ0) is 13.3. The number of hydrogen-bond acceptors (Lipinski definition) is 3. The van der Waals surface area contributed by atoms with Crippen LogP contribution in [-0.4, -0.2) is 26.6 Å². The maximum atomic E-state index is 11.1. The zero-order valence-electron chi connectivity index (χ0n) is 10.2. The molecular formula is C12H15N3O3. The van der Waals surface area contributed by atoms with Crippen molar-refractivity contribution in [1.29, 1.82) is 0 Å². The van der Waals surface area contributed by atoms with Gasteiger partial charge >= 0.3 is 11.7 Å². The van der Waals surface area contributed by atoms with Crippen molar-refractivity contribution in [1.82, 2.24) is 15.3 Å². The molecule has 0 saturated heterocycles. The molecule has 0 aliphatic carbocycles. The molecule has 18 heavy (non-hydrogen) atoms. The molecule has 1 aromatic carbocycles. The minimum Gasteiger partial charge on any atom is -0.480 e. The Morgan fingerprint density at radius 1 is 1.33 bits per heavy atom. The monoisotopic (exact) mass is 249 g/mol. The number of benzene rings is 1. The lowest BCUT2D eigenvalue weighted by Crippen LogP contribution is -2.46. The lowest BCUT2D eigenvalue weighted by molar-refractivity contribution is -0.143. The Hall–Kier alpha value is -2.08. The van der Waals surface area contributed by atoms with Gasteiger partial charge in [-0.25, -0.2) is 4.79 Å². The average molecular weight is 249 g/mol. The van der Waals surface area contributed by atoms with Gasteiger partial charge in [-0.15, -0.1) is 0 Å². The summed E-state index contributed by atoms with van der Waals surface area (Å²) in [5.41, 5.74) is 1.13. The van der Waals surface area contributed by atoms with E-state index < -0.39 is 11.5 Å². The van der Waals surface area contributed by atoms with Crippen LogP contribution < -0.4 is 11.0 Å². The van der Waals surface area contributed by atoms with Crippen molar-refractivity contribution in [2.24, 2.45) is 0 Å². The summed E-state index contributed by atoms with van der Waals surface area (Å²) >= 11 is 0. The van der Waals surface area contributed by atoms with Gasteiger partial charge in [-0.1, -0.05) is 6.07 Å². The maximum absolute atomic E-state index is 11.1. The molecular weight excluding hydrogens is 234 g/mol. The third-order valence-corrected chi connectivity index (χ3v) is 2.85. The fourth-order valence-electron chi connectivity index (χ4n) is 1.59. The summed E-state index contributed by atoms with van der Waals surface area (Å²) in [6.07, 6.45) is 0. The van der Waals surface area contributed by atoms with E-state index in [1.807, 2.05) is 12.1 Å². The number of hydrogen-bond donors (Lipinski definition) is 4. The van der Waals surface area contributed by atoms with E-state index >= 15 is 0 Å². The van der Waals surface area contributed by atoms with Gasteiger partial charge in [-0.3, -0.25) is 10.1 Å². The molecule has 6 nitrogen and oxygen atoms in total. The molecule has 1 aromatic heterocycles. The SMILES string of the molecule is CC(C)(NCc1ccc2[nH]c(=O)[nH]c2c1)C(=O)O. The first-order valence-electron chi connectivity index (χ1n) is 5.58. The van der Waals surface area contributed by atoms with Gasteiger partial charge in [0.15, 0.2) is 0 Å². The fraction of sp³-hybridized carbons (Fsp3) is 0.333. The van der Waals surface area contributed by atoms with Crippen molar-refractivity contribution in [2.75, 3.05) is 0 Å². The molecule has 0 fully saturated rings. The standard InChI is InChI=1S/C12H15N3O3/c1-12(2,10(16)17)13-6-7-3-4-8-9(5-7)15-11(18)14-8/h3-5,13H,6H2,1-2H3,(H,16,17)(H2,14,15,18). The third kappa shape index (κ3) is 2.43. The highest BCUT2D eigenvalue weighted by molar-refractivity contribution is 5.77. The van der Waals surface area contributed by atoms with Gasteiger partial charge in [0.25, 0.3) is 0 Å². The van der Waals surface area contributed by atoms with Crippen LogP contribution in [0.2, 0.25) is 0 Å². The van der Waals surface area contributed by atoms with E-state index in [0.717, 1.165) is 11.1 Å². The van der Waals surface area contributed by atoms with Gasteiger partial charge < -0.3 is 15.1 Å². The van der Waals surface area contributed by atoms with Crippen LogP contribution in [0.3, 0.4) is 0 Å². The molecule has 6 heteroatoms. The van der Waals surface area contributed by atoms with Crippen LogP contribution in [0.25, 0.3) is 11.0 Å². The van der Waals surface area contributed by atoms with E-state index in [2.05, 4.69) is 15.3 Å². The van der Waals surface area contributed by atoms with Gasteiger partial charge in [0.1, 0.15) is 5.54 Å². The summed E-state index contributed by atoms with van der Waals surface area (Å²) in [4.78, 5) is 27.4. The summed E-state index contributed by atoms with van der Waals surface area (Å²) in [5, 5.41) is 11.9. The van der Waals surface area contributed by atoms with Gasteiger partial charge in [-0.05, 0) is 31.5 Å². The maximum Gasteiger partial charge on any atom is 0.323 e. The normalized spacial score (nSPS) is 11.9. The number of aromatic nitrogens is 2. The first-order chi connectivity index (χ1) is 8.38. The number of rotatable bonds is 4. The van der Waals surface area contributed by atoms with Crippen LogP contribution in [-0.2, 0) is 11.3 Å². The lowest BCUT2D eigenvalue weighted by atomic mass is 10.1. The van der Waals surface area contributed by atoms with Gasteiger partial charge in [0.2, 0.25) is 0 Å². The second-order valence-corrected chi connectivity index (χ2v) is 4.74. The van der Waals surface area contributed by atoms with Crippen molar-refractivity contribution in [2.45, 2.75) is 25.9 Å². The predicted octanol–water partition coefficient (Wildman–Crippen LogP) is 0.809. The summed E-state index contributed by atoms with van der Waals surface area (Å²) in [6, 6.07) is 5.45. The number of carboxylic acid groups (broad SMARTS) is 1. The summed E-state index contributed by atoms with van der Waals surface area (Å²) in [6.45, 7) is 3.63. The minimum absolute atomic E-state index is 0.249. The molecule has 0 spiro atoms. The first kappa shape index (κ1) is 12.4. The predicted molar refractivity (Wildman–Crippen MR) is 67.5 cm³/mol. The molecule has 0 radical (unpaired) electrons. The fourth-order valence-corrected chi connectivity index (χ4v) is 1.59. The molecule has 2 rings (SSSR count). The number of H-pyrrole nitrogens is 2. The van der Waals surface area contributed by atoms with E-state index in [9.17, 15) is 9.59 Å². The highest BCUT2D eigenvalue weighted by Crippen LogP contribution is 2.11. The number of imidazole rings is 1. The molecule has 0 atom stereocenters. The Morgan fingerprint density at radius 3 is 2.67 bits per heavy atom. The third-order valence-electron chi connectivity index (χ3n) is 2.85. The second kappa shape index (κ2) is 4.30. The topological polar surface area (TPSA) is 98.0 Å². The highest BCUT2D eigenvalue weighted by Gasteiger charge is 2.25. The van der Waals surface area contributed by atoms with Crippen molar-refractivity contribution in [3.05, 3.63) is 34.2 Å². The van der Waals surface area contributed by atoms with Crippen LogP contribution in [0.5, 0.6) is 0 Å². The smallest absolute Gasteiger partial charge is 0.323 e. The van der Waals surface area contributed by atoms with Crippen LogP contribution in [0.4, 0.5) is 0 Å². The molecule has 0 unspecified atom stereocenters. The highest BCUT2D eigenvalue weighted by atomic mass is 16.4. The molecule has 0 amide bonds. The Labute approximate surface area is 103 Å². The summed E-state index contributed by atoms with van der Waals surface area (Å²) in [7, 11) is 0. The Balaban J connectivity index is 2.17. The number of carbonyl (C=O) groups is 1. The van der Waals surface area contributed by atoms with Crippen LogP contribution in [0.15, 0.2) is 23.0 Å². The molecule has 0 bridgehead atoms. The molecule has 0 aliphatic heterocycles. The second-order valence-electron chi connectivity index (χ2n) is 4.74. The van der Waals surface area contributed by atoms with E-state index in [1.165, 1.54) is 0 Å². The van der Waals surface area contributed by atoms with Crippen molar-refractivity contribution < 1.29 is 9.90 Å². The molecule has 0 aliphatic rings. The lowest BCUT2D eigenvalue weighted by Gasteiger charge is -2.20. The van der Waals surface area contributed by atoms with Gasteiger partial charge in [0, 0.05) is 6.54 Å². The number of aromatic amines is 2. The van der Waals surface area contributed by atoms with E-state index in [4.69, 9.17) is 5.11 Å². The van der Waals surface area contributed by atoms with Crippen molar-refractivity contribution in [3.63, 3.8) is 0 Å². The number of aliphatic carboxylic acids is 1.